The van der Waals surface area contributed by atoms with Gasteiger partial charge in [0.25, 0.3) is 0 Å². The van der Waals surface area contributed by atoms with Crippen LogP contribution in [-0.2, 0) is 14.3 Å². The van der Waals surface area contributed by atoms with Crippen molar-refractivity contribution >= 4 is 23.5 Å². The minimum atomic E-state index is -1.25. The monoisotopic (exact) mass is 327 g/mol. The van der Waals surface area contributed by atoms with Crippen molar-refractivity contribution in [3.8, 4) is 0 Å². The number of hydrogen-bond acceptors (Lipinski definition) is 3. The summed E-state index contributed by atoms with van der Waals surface area (Å²) in [5.41, 5.74) is -0.577. The molecular weight excluding hydrogens is 313 g/mol. The van der Waals surface area contributed by atoms with E-state index in [1.54, 1.807) is 6.07 Å². The van der Waals surface area contributed by atoms with E-state index in [0.29, 0.717) is 31.6 Å². The van der Waals surface area contributed by atoms with Gasteiger partial charge >= 0.3 is 5.97 Å². The van der Waals surface area contributed by atoms with Gasteiger partial charge in [-0.3, -0.25) is 9.59 Å². The number of rotatable bonds is 3. The van der Waals surface area contributed by atoms with Gasteiger partial charge in [-0.2, -0.15) is 0 Å². The smallest absolute Gasteiger partial charge is 0.319 e. The molecule has 1 atom stereocenters. The highest BCUT2D eigenvalue weighted by Crippen LogP contribution is 2.48. The van der Waals surface area contributed by atoms with Gasteiger partial charge in [-0.15, -0.1) is 0 Å². The Bertz CT molecular complexity index is 632. The molecule has 1 saturated carbocycles. The van der Waals surface area contributed by atoms with Gasteiger partial charge in [-0.25, -0.2) is 4.39 Å². The topological polar surface area (TPSA) is 66.8 Å². The number of aliphatic carboxylic acids is 1. The van der Waals surface area contributed by atoms with Crippen molar-refractivity contribution in [3.05, 3.63) is 34.6 Å². The van der Waals surface area contributed by atoms with E-state index in [9.17, 15) is 19.1 Å². The number of hydrogen-bond donors (Lipinski definition) is 1. The fraction of sp³-hybridized carbons (Fsp3) is 0.467. The summed E-state index contributed by atoms with van der Waals surface area (Å²) in [6.07, 6.45) is 0.331. The minimum absolute atomic E-state index is 0.00579. The van der Waals surface area contributed by atoms with Crippen LogP contribution in [0, 0.1) is 11.2 Å². The zero-order valence-electron chi connectivity index (χ0n) is 11.7. The highest BCUT2D eigenvalue weighted by molar-refractivity contribution is 6.30. The highest BCUT2D eigenvalue weighted by atomic mass is 35.5. The Balaban J connectivity index is 1.75. The molecule has 3 rings (SSSR count). The molecule has 1 amide bonds. The molecule has 1 aliphatic heterocycles. The summed E-state index contributed by atoms with van der Waals surface area (Å²) >= 11 is 5.77. The Labute approximate surface area is 131 Å². The highest BCUT2D eigenvalue weighted by Gasteiger charge is 2.58. The summed E-state index contributed by atoms with van der Waals surface area (Å²) in [7, 11) is 0. The molecule has 0 spiro atoms. The third kappa shape index (κ3) is 2.57. The average Bonchev–Trinajstić information content (AvgIpc) is 3.31. The third-order valence-corrected chi connectivity index (χ3v) is 4.53. The van der Waals surface area contributed by atoms with Crippen LogP contribution in [0.25, 0.3) is 0 Å². The standard InChI is InChI=1S/C15H15ClFNO4/c16-10-7-9(1-2-11(10)17)12-8-18(5-6-22-12)13(19)15(3-4-15)14(20)21/h1-2,7,12H,3-6,8H2,(H,20,21)/t12-/m1/s1. The van der Waals surface area contributed by atoms with Gasteiger partial charge < -0.3 is 14.7 Å². The van der Waals surface area contributed by atoms with Crippen LogP contribution in [0.4, 0.5) is 4.39 Å². The molecule has 7 heteroatoms. The van der Waals surface area contributed by atoms with Crippen LogP contribution in [0.3, 0.4) is 0 Å². The number of carboxylic acid groups (broad SMARTS) is 1. The van der Waals surface area contributed by atoms with Crippen molar-refractivity contribution in [1.29, 1.82) is 0 Å². The molecule has 0 radical (unpaired) electrons. The maximum atomic E-state index is 13.2. The van der Waals surface area contributed by atoms with Gasteiger partial charge in [0, 0.05) is 6.54 Å². The first-order chi connectivity index (χ1) is 10.4. The molecular formula is C15H15ClFNO4. The lowest BCUT2D eigenvalue weighted by molar-refractivity contribution is -0.157. The summed E-state index contributed by atoms with van der Waals surface area (Å²) in [4.78, 5) is 25.2. The first kappa shape index (κ1) is 15.2. The second-order valence-electron chi connectivity index (χ2n) is 5.67. The molecule has 1 N–H and O–H groups in total. The van der Waals surface area contributed by atoms with E-state index in [0.717, 1.165) is 0 Å². The maximum Gasteiger partial charge on any atom is 0.319 e. The molecule has 1 heterocycles. The third-order valence-electron chi connectivity index (χ3n) is 4.24. The second kappa shape index (κ2) is 5.52. The Morgan fingerprint density at radius 1 is 1.41 bits per heavy atom. The predicted molar refractivity (Wildman–Crippen MR) is 76.0 cm³/mol. The summed E-state index contributed by atoms with van der Waals surface area (Å²) in [6, 6.07) is 4.28. The molecule has 0 unspecified atom stereocenters. The Morgan fingerprint density at radius 2 is 2.14 bits per heavy atom. The molecule has 22 heavy (non-hydrogen) atoms. The van der Waals surface area contributed by atoms with Crippen molar-refractivity contribution in [2.45, 2.75) is 18.9 Å². The van der Waals surface area contributed by atoms with Gasteiger partial charge in [0.05, 0.1) is 18.2 Å². The lowest BCUT2D eigenvalue weighted by Gasteiger charge is -2.34. The zero-order valence-corrected chi connectivity index (χ0v) is 12.5. The molecule has 0 bridgehead atoms. The molecule has 1 aromatic rings. The van der Waals surface area contributed by atoms with Crippen LogP contribution in [0.1, 0.15) is 24.5 Å². The number of carboxylic acids is 1. The van der Waals surface area contributed by atoms with Crippen molar-refractivity contribution in [1.82, 2.24) is 4.90 Å². The van der Waals surface area contributed by atoms with Crippen molar-refractivity contribution in [3.63, 3.8) is 0 Å². The molecule has 1 aliphatic carbocycles. The molecule has 118 valence electrons. The van der Waals surface area contributed by atoms with E-state index in [-0.39, 0.29) is 17.5 Å². The van der Waals surface area contributed by atoms with Gasteiger partial charge in [0.15, 0.2) is 0 Å². The van der Waals surface area contributed by atoms with E-state index < -0.39 is 23.3 Å². The molecule has 2 aliphatic rings. The average molecular weight is 328 g/mol. The Hall–Kier alpha value is -1.66. The van der Waals surface area contributed by atoms with E-state index in [2.05, 4.69) is 0 Å². The van der Waals surface area contributed by atoms with Crippen LogP contribution in [0.15, 0.2) is 18.2 Å². The zero-order chi connectivity index (χ0) is 15.9. The van der Waals surface area contributed by atoms with E-state index in [1.165, 1.54) is 17.0 Å². The van der Waals surface area contributed by atoms with Gasteiger partial charge in [0.2, 0.25) is 5.91 Å². The van der Waals surface area contributed by atoms with Crippen LogP contribution in [-0.4, -0.2) is 41.6 Å². The Kier molecular flexibility index (Phi) is 3.82. The number of carbonyl (C=O) groups is 2. The van der Waals surface area contributed by atoms with Crippen LogP contribution in [0.5, 0.6) is 0 Å². The normalized spacial score (nSPS) is 23.2. The number of morpholine rings is 1. The summed E-state index contributed by atoms with van der Waals surface area (Å²) in [5, 5.41) is 9.21. The number of benzene rings is 1. The predicted octanol–water partition coefficient (Wildman–Crippen LogP) is 2.24. The molecule has 2 fully saturated rings. The fourth-order valence-corrected chi connectivity index (χ4v) is 2.88. The number of halogens is 2. The van der Waals surface area contributed by atoms with Crippen molar-refractivity contribution in [2.75, 3.05) is 19.7 Å². The number of nitrogens with zero attached hydrogens (tertiary/aromatic N) is 1. The SMILES string of the molecule is O=C(O)C1(C(=O)N2CCO[C@@H](c3ccc(F)c(Cl)c3)C2)CC1. The molecule has 1 aromatic carbocycles. The maximum absolute atomic E-state index is 13.2. The van der Waals surface area contributed by atoms with Gasteiger partial charge in [0.1, 0.15) is 17.3 Å². The first-order valence-corrected chi connectivity index (χ1v) is 7.41. The quantitative estimate of drug-likeness (QED) is 0.865. The fourth-order valence-electron chi connectivity index (χ4n) is 2.69. The van der Waals surface area contributed by atoms with E-state index in [4.69, 9.17) is 16.3 Å². The Morgan fingerprint density at radius 3 is 2.73 bits per heavy atom. The van der Waals surface area contributed by atoms with Crippen molar-refractivity contribution in [2.24, 2.45) is 5.41 Å². The van der Waals surface area contributed by atoms with E-state index >= 15 is 0 Å². The number of ether oxygens (including phenoxy) is 1. The van der Waals surface area contributed by atoms with Crippen LogP contribution >= 0.6 is 11.6 Å². The molecule has 0 aromatic heterocycles. The first-order valence-electron chi connectivity index (χ1n) is 7.03. The molecule has 5 nitrogen and oxygen atoms in total. The minimum Gasteiger partial charge on any atom is -0.480 e. The van der Waals surface area contributed by atoms with E-state index in [1.807, 2.05) is 0 Å². The van der Waals surface area contributed by atoms with Gasteiger partial charge in [-0.05, 0) is 30.5 Å². The molecule has 1 saturated heterocycles. The lowest BCUT2D eigenvalue weighted by atomic mass is 10.0. The van der Waals surface area contributed by atoms with Crippen LogP contribution in [0.2, 0.25) is 5.02 Å². The summed E-state index contributed by atoms with van der Waals surface area (Å²) in [6.45, 7) is 0.913. The largest absolute Gasteiger partial charge is 0.480 e. The van der Waals surface area contributed by atoms with Gasteiger partial charge in [-0.1, -0.05) is 17.7 Å². The van der Waals surface area contributed by atoms with Crippen LogP contribution < -0.4 is 0 Å². The summed E-state index contributed by atoms with van der Waals surface area (Å²) in [5.74, 6) is -1.94. The number of carbonyl (C=O) groups excluding carboxylic acids is 1. The number of amides is 1. The van der Waals surface area contributed by atoms with Crippen molar-refractivity contribution < 1.29 is 23.8 Å². The lowest BCUT2D eigenvalue weighted by Crippen LogP contribution is -2.47. The second-order valence-corrected chi connectivity index (χ2v) is 6.08. The summed E-state index contributed by atoms with van der Waals surface area (Å²) < 4.78 is 18.8.